The third-order valence-electron chi connectivity index (χ3n) is 13.0. The number of fused-ring (bicyclic) bond motifs is 9. The first-order valence-corrected chi connectivity index (χ1v) is 23.4. The summed E-state index contributed by atoms with van der Waals surface area (Å²) in [6.07, 6.45) is 0. The Morgan fingerprint density at radius 1 is 0.274 bits per heavy atom. The summed E-state index contributed by atoms with van der Waals surface area (Å²) in [5.41, 5.74) is 6.17. The summed E-state index contributed by atoms with van der Waals surface area (Å²) in [7, 11) is 0. The molecule has 0 saturated carbocycles. The van der Waals surface area contributed by atoms with Gasteiger partial charge in [0.2, 0.25) is 0 Å². The molecule has 0 aliphatic heterocycles. The van der Waals surface area contributed by atoms with E-state index in [2.05, 4.69) is 12.1 Å². The van der Waals surface area contributed by atoms with Gasteiger partial charge in [0.15, 0.2) is 17.5 Å². The Bertz CT molecular complexity index is 5330. The van der Waals surface area contributed by atoms with Crippen molar-refractivity contribution in [2.24, 2.45) is 0 Å². The second kappa shape index (κ2) is 17.6. The van der Waals surface area contributed by atoms with Gasteiger partial charge in [0, 0.05) is 27.5 Å². The average molecular weight is 947 g/mol. The van der Waals surface area contributed by atoms with Gasteiger partial charge in [-0.25, -0.2) is 15.0 Å². The van der Waals surface area contributed by atoms with Crippen molar-refractivity contribution in [3.8, 4) is 89.8 Å². The normalized spacial score (nSPS) is 14.8. The van der Waals surface area contributed by atoms with E-state index in [4.69, 9.17) is 30.3 Å². The Balaban J connectivity index is 1.03. The maximum Gasteiger partial charge on any atom is 0.164 e. The molecule has 14 rings (SSSR count). The molecule has 4 heteroatoms. The summed E-state index contributed by atoms with van der Waals surface area (Å²) in [5, 5.41) is -3.14. The number of rotatable bonds is 8. The van der Waals surface area contributed by atoms with E-state index < -0.39 is 152 Å². The number of nitrogens with zero attached hydrogens (tertiary/aromatic N) is 3. The van der Waals surface area contributed by atoms with Gasteiger partial charge in [-0.3, -0.25) is 0 Å². The molecule has 0 fully saturated rings. The molecule has 0 atom stereocenters. The van der Waals surface area contributed by atoms with E-state index >= 15 is 0 Å². The first-order valence-electron chi connectivity index (χ1n) is 31.9. The minimum Gasteiger partial charge on any atom is -0.456 e. The molecule has 0 radical (unpaired) electrons. The van der Waals surface area contributed by atoms with Gasteiger partial charge in [-0.2, -0.15) is 0 Å². The lowest BCUT2D eigenvalue weighted by Gasteiger charge is -2.13. The summed E-state index contributed by atoms with van der Waals surface area (Å²) < 4.78 is 164. The average Bonchev–Trinajstić information content (AvgIpc) is 0.925. The fourth-order valence-corrected chi connectivity index (χ4v) is 9.45. The summed E-state index contributed by atoms with van der Waals surface area (Å²) in [4.78, 5) is 15.0. The van der Waals surface area contributed by atoms with Crippen molar-refractivity contribution in [2.75, 3.05) is 0 Å². The van der Waals surface area contributed by atoms with Crippen LogP contribution in [-0.4, -0.2) is 15.0 Å². The zero-order chi connectivity index (χ0) is 63.0. The quantitative estimate of drug-likeness (QED) is 0.142. The number of hydrogen-bond donors (Lipinski definition) is 0. The predicted octanol–water partition coefficient (Wildman–Crippen LogP) is 18.6. The summed E-state index contributed by atoms with van der Waals surface area (Å²) in [6, 6.07) is 38.8. The summed E-state index contributed by atoms with van der Waals surface area (Å²) in [5.74, 6) is 0.0725. The van der Waals surface area contributed by atoms with E-state index in [1.807, 2.05) is 146 Å². The lowest BCUT2D eigenvalue weighted by molar-refractivity contribution is 0.669. The Hall–Kier alpha value is -9.77. The SMILES string of the molecule is [2H]c1c([2H])c(-c2c([2H])c([2H])c3c4c([2H])c([2H])c([2H])c([2H])c4c4c([2H])c([2H])c([2H])c([2H])c4c3c2[2H])c2c(oc3c([2H])c(-c4nc(-c5ccc(-c6cccc(-c7ccccc7)c6)cc5)nc(-c5cc(-c6ccccc6)cc(-c6ccccc6)c5)n4)c([2H])c([2H])c32)c1[2H]. The second-order valence-electron chi connectivity index (χ2n) is 17.4. The molecule has 0 bridgehead atoms. The molecule has 0 saturated heterocycles. The zero-order valence-electron chi connectivity index (χ0n) is 55.3. The highest BCUT2D eigenvalue weighted by atomic mass is 16.3. The van der Waals surface area contributed by atoms with Crippen LogP contribution >= 0.6 is 0 Å². The predicted molar refractivity (Wildman–Crippen MR) is 303 cm³/mol. The van der Waals surface area contributed by atoms with Crippen molar-refractivity contribution in [3.63, 3.8) is 0 Å². The summed E-state index contributed by atoms with van der Waals surface area (Å²) in [6.45, 7) is 0. The molecule has 73 heavy (non-hydrogen) atoms. The van der Waals surface area contributed by atoms with Crippen LogP contribution in [0.5, 0.6) is 0 Å². The number of hydrogen-bond acceptors (Lipinski definition) is 4. The topological polar surface area (TPSA) is 51.8 Å². The molecule has 0 aliphatic rings. The third-order valence-corrected chi connectivity index (χ3v) is 13.0. The molecule has 0 unspecified atom stereocenters. The Labute approximate surface area is 446 Å². The lowest BCUT2D eigenvalue weighted by atomic mass is 9.91. The minimum absolute atomic E-state index is 0.141. The fourth-order valence-electron chi connectivity index (χ4n) is 9.45. The van der Waals surface area contributed by atoms with Gasteiger partial charge in [-0.1, -0.05) is 212 Å². The van der Waals surface area contributed by atoms with E-state index in [-0.39, 0.29) is 39.2 Å². The van der Waals surface area contributed by atoms with Crippen molar-refractivity contribution in [1.82, 2.24) is 15.0 Å². The van der Waals surface area contributed by atoms with Gasteiger partial charge in [0.25, 0.3) is 0 Å². The number of benzene rings is 12. The molecule has 4 nitrogen and oxygen atoms in total. The van der Waals surface area contributed by atoms with Crippen LogP contribution in [0.4, 0.5) is 0 Å². The minimum atomic E-state index is -0.825. The second-order valence-corrected chi connectivity index (χ2v) is 17.4. The first-order chi connectivity index (χ1) is 43.2. The number of aromatic nitrogens is 3. The van der Waals surface area contributed by atoms with E-state index in [0.29, 0.717) is 11.1 Å². The van der Waals surface area contributed by atoms with Crippen LogP contribution in [-0.2, 0) is 0 Å². The van der Waals surface area contributed by atoms with Crippen LogP contribution in [0.15, 0.2) is 265 Å². The van der Waals surface area contributed by atoms with Crippen molar-refractivity contribution in [2.45, 2.75) is 0 Å². The van der Waals surface area contributed by atoms with Crippen LogP contribution in [0.1, 0.15) is 23.3 Å². The molecule has 0 N–H and O–H groups in total. The fraction of sp³-hybridized carbons (Fsp3) is 0. The monoisotopic (exact) mass is 946 g/mol. The van der Waals surface area contributed by atoms with Gasteiger partial charge < -0.3 is 4.42 Å². The third kappa shape index (κ3) is 7.61. The van der Waals surface area contributed by atoms with Gasteiger partial charge in [0.05, 0.1) is 23.3 Å². The van der Waals surface area contributed by atoms with E-state index in [0.717, 1.165) is 44.5 Å². The van der Waals surface area contributed by atoms with Crippen LogP contribution in [0.2, 0.25) is 0 Å². The van der Waals surface area contributed by atoms with E-state index in [9.17, 15) is 12.3 Å². The van der Waals surface area contributed by atoms with E-state index in [1.165, 1.54) is 0 Å². The summed E-state index contributed by atoms with van der Waals surface area (Å²) >= 11 is 0. The van der Waals surface area contributed by atoms with E-state index in [1.54, 1.807) is 0 Å². The highest BCUT2D eigenvalue weighted by Crippen LogP contribution is 2.42. The standard InChI is InChI=1S/C69H43N3O/c1-4-16-44(17-5-1)49-22-14-23-50(38-49)47-30-32-48(33-31-47)67-70-68(72-69(71-67)55-40-53(45-18-6-2-7-19-45)39-54(41-55)46-20-8-3-9-21-46)52-35-37-62-65(43-52)73-64-29-15-28-56(66(62)64)51-34-36-61-59-26-11-10-24-57(59)58-25-12-13-27-60(58)63(61)42-51/h1-43H/i10D,11D,12D,13D,15D,24D,25D,26D,27D,28D,29D,34D,35D,36D,37D,42D,43D. The molecule has 14 aromatic rings. The van der Waals surface area contributed by atoms with Crippen molar-refractivity contribution < 1.29 is 27.7 Å². The Kier molecular flexibility index (Phi) is 6.78. The lowest BCUT2D eigenvalue weighted by Crippen LogP contribution is -2.00. The smallest absolute Gasteiger partial charge is 0.164 e. The maximum absolute atomic E-state index is 10.0. The van der Waals surface area contributed by atoms with Crippen LogP contribution in [0.25, 0.3) is 144 Å². The Morgan fingerprint density at radius 3 is 1.32 bits per heavy atom. The Morgan fingerprint density at radius 2 is 0.712 bits per heavy atom. The molecule has 2 aromatic heterocycles. The van der Waals surface area contributed by atoms with Crippen LogP contribution < -0.4 is 0 Å². The molecular weight excluding hydrogens is 887 g/mol. The largest absolute Gasteiger partial charge is 0.456 e. The molecule has 0 aliphatic carbocycles. The van der Waals surface area contributed by atoms with Crippen molar-refractivity contribution in [1.29, 1.82) is 0 Å². The molecule has 12 aromatic carbocycles. The van der Waals surface area contributed by atoms with Crippen LogP contribution in [0.3, 0.4) is 0 Å². The van der Waals surface area contributed by atoms with Gasteiger partial charge in [-0.05, 0) is 136 Å². The van der Waals surface area contributed by atoms with Crippen molar-refractivity contribution >= 4 is 54.3 Å². The molecule has 2 heterocycles. The van der Waals surface area contributed by atoms with Gasteiger partial charge >= 0.3 is 0 Å². The van der Waals surface area contributed by atoms with Gasteiger partial charge in [-0.15, -0.1) is 0 Å². The zero-order valence-corrected chi connectivity index (χ0v) is 38.3. The molecular formula is C69H43N3O. The van der Waals surface area contributed by atoms with Crippen molar-refractivity contribution in [3.05, 3.63) is 260 Å². The highest BCUT2D eigenvalue weighted by molar-refractivity contribution is 6.26. The van der Waals surface area contributed by atoms with Crippen LogP contribution in [0, 0.1) is 0 Å². The molecule has 0 spiro atoms. The maximum atomic E-state index is 10.0. The van der Waals surface area contributed by atoms with Gasteiger partial charge in [0.1, 0.15) is 11.2 Å². The molecule has 340 valence electrons. The number of furan rings is 1. The highest BCUT2D eigenvalue weighted by Gasteiger charge is 2.19. The first kappa shape index (κ1) is 28.2. The molecule has 0 amide bonds.